The van der Waals surface area contributed by atoms with Crippen LogP contribution in [0.5, 0.6) is 5.75 Å². The molecule has 0 radical (unpaired) electrons. The van der Waals surface area contributed by atoms with Crippen molar-refractivity contribution in [2.45, 2.75) is 25.9 Å². The summed E-state index contributed by atoms with van der Waals surface area (Å²) >= 11 is 6.18. The Kier molecular flexibility index (Phi) is 12.2. The average Bonchev–Trinajstić information content (AvgIpc) is 2.76. The topological polar surface area (TPSA) is 74.8 Å². The number of aliphatic imine (C=N–C) groups is 1. The summed E-state index contributed by atoms with van der Waals surface area (Å²) in [6.07, 6.45) is 1.58. The summed E-state index contributed by atoms with van der Waals surface area (Å²) in [4.78, 5) is 16.0. The largest absolute Gasteiger partial charge is 0.487 e. The van der Waals surface area contributed by atoms with Gasteiger partial charge in [0.05, 0.1) is 11.6 Å². The highest BCUT2D eigenvalue weighted by atomic mass is 127. The summed E-state index contributed by atoms with van der Waals surface area (Å²) in [5.74, 6) is 1.30. The molecule has 1 unspecified atom stereocenters. The Hall–Kier alpha value is -2.00. The van der Waals surface area contributed by atoms with Crippen molar-refractivity contribution in [3.05, 3.63) is 64.7 Å². The van der Waals surface area contributed by atoms with E-state index in [0.717, 1.165) is 18.4 Å². The third kappa shape index (κ3) is 8.39. The first-order valence-corrected chi connectivity index (χ1v) is 10.1. The Labute approximate surface area is 200 Å². The van der Waals surface area contributed by atoms with Gasteiger partial charge >= 0.3 is 0 Å². The second-order valence-corrected chi connectivity index (χ2v) is 6.90. The molecule has 2 aromatic rings. The predicted molar refractivity (Wildman–Crippen MR) is 134 cm³/mol. The van der Waals surface area contributed by atoms with Crippen LogP contribution < -0.4 is 20.7 Å². The third-order valence-corrected chi connectivity index (χ3v) is 4.74. The molecule has 8 heteroatoms. The van der Waals surface area contributed by atoms with Crippen LogP contribution in [0.3, 0.4) is 0 Å². The number of para-hydroxylation sites is 1. The number of guanidine groups is 1. The summed E-state index contributed by atoms with van der Waals surface area (Å²) in [5, 5.41) is 9.83. The van der Waals surface area contributed by atoms with Crippen molar-refractivity contribution < 1.29 is 9.53 Å². The zero-order chi connectivity index (χ0) is 21.1. The van der Waals surface area contributed by atoms with Gasteiger partial charge in [-0.15, -0.1) is 24.0 Å². The van der Waals surface area contributed by atoms with E-state index in [4.69, 9.17) is 16.3 Å². The molecule has 0 spiro atoms. The van der Waals surface area contributed by atoms with E-state index in [-0.39, 0.29) is 36.0 Å². The molecule has 1 amide bonds. The van der Waals surface area contributed by atoms with E-state index >= 15 is 0 Å². The molecule has 6 nitrogen and oxygen atoms in total. The molecule has 30 heavy (non-hydrogen) atoms. The first-order chi connectivity index (χ1) is 14.1. The first kappa shape index (κ1) is 26.0. The van der Waals surface area contributed by atoms with Crippen LogP contribution in [0.2, 0.25) is 5.02 Å². The van der Waals surface area contributed by atoms with Crippen LogP contribution >= 0.6 is 35.6 Å². The van der Waals surface area contributed by atoms with Gasteiger partial charge in [0.1, 0.15) is 11.9 Å². The van der Waals surface area contributed by atoms with Crippen LogP contribution in [-0.2, 0) is 6.42 Å². The lowest BCUT2D eigenvalue weighted by atomic mass is 10.1. The molecule has 0 aliphatic carbocycles. The SMILES string of the molecule is CCC(CNC(=NC)NCCc1cccc(C(=O)NC)c1)Oc1ccccc1Cl.I. The fourth-order valence-corrected chi connectivity index (χ4v) is 2.94. The van der Waals surface area contributed by atoms with E-state index in [1.54, 1.807) is 20.2 Å². The van der Waals surface area contributed by atoms with E-state index in [1.807, 2.05) is 42.5 Å². The Balaban J connectivity index is 0.00000450. The number of hydrogen-bond acceptors (Lipinski definition) is 3. The van der Waals surface area contributed by atoms with Crippen LogP contribution in [0.1, 0.15) is 29.3 Å². The lowest BCUT2D eigenvalue weighted by Gasteiger charge is -2.20. The highest BCUT2D eigenvalue weighted by Gasteiger charge is 2.11. The van der Waals surface area contributed by atoms with E-state index in [2.05, 4.69) is 27.9 Å². The van der Waals surface area contributed by atoms with Gasteiger partial charge in [-0.25, -0.2) is 0 Å². The molecule has 0 aliphatic rings. The van der Waals surface area contributed by atoms with Crippen LogP contribution in [0.4, 0.5) is 0 Å². The van der Waals surface area contributed by atoms with Crippen LogP contribution in [0.15, 0.2) is 53.5 Å². The Bertz CT molecular complexity index is 832. The maximum atomic E-state index is 11.7. The van der Waals surface area contributed by atoms with Crippen LogP contribution in [-0.4, -0.2) is 45.2 Å². The van der Waals surface area contributed by atoms with Crippen LogP contribution in [0.25, 0.3) is 0 Å². The van der Waals surface area contributed by atoms with Gasteiger partial charge in [-0.2, -0.15) is 0 Å². The molecule has 0 heterocycles. The van der Waals surface area contributed by atoms with Crippen molar-refractivity contribution in [2.75, 3.05) is 27.2 Å². The lowest BCUT2D eigenvalue weighted by Crippen LogP contribution is -2.43. The zero-order valence-electron chi connectivity index (χ0n) is 17.6. The molecule has 0 bridgehead atoms. The van der Waals surface area contributed by atoms with Crippen molar-refractivity contribution in [1.29, 1.82) is 0 Å². The summed E-state index contributed by atoms with van der Waals surface area (Å²) in [5.41, 5.74) is 1.75. The smallest absolute Gasteiger partial charge is 0.251 e. The second-order valence-electron chi connectivity index (χ2n) is 6.49. The molecule has 0 saturated heterocycles. The molecule has 0 saturated carbocycles. The van der Waals surface area contributed by atoms with Gasteiger partial charge in [0.15, 0.2) is 5.96 Å². The number of hydrogen-bond donors (Lipinski definition) is 3. The predicted octanol–water partition coefficient (Wildman–Crippen LogP) is 3.88. The minimum Gasteiger partial charge on any atom is -0.487 e. The molecule has 0 aromatic heterocycles. The molecule has 1 atom stereocenters. The number of nitrogens with zero attached hydrogens (tertiary/aromatic N) is 1. The fourth-order valence-electron chi connectivity index (χ4n) is 2.76. The van der Waals surface area contributed by atoms with Gasteiger partial charge in [0.25, 0.3) is 5.91 Å². The quantitative estimate of drug-likeness (QED) is 0.254. The van der Waals surface area contributed by atoms with Gasteiger partial charge in [0.2, 0.25) is 0 Å². The Morgan fingerprint density at radius 1 is 1.17 bits per heavy atom. The normalized spacial score (nSPS) is 11.8. The Morgan fingerprint density at radius 3 is 2.60 bits per heavy atom. The molecule has 0 aliphatic heterocycles. The van der Waals surface area contributed by atoms with Crippen molar-refractivity contribution in [3.63, 3.8) is 0 Å². The molecule has 3 N–H and O–H groups in total. The first-order valence-electron chi connectivity index (χ1n) is 9.74. The maximum absolute atomic E-state index is 11.7. The number of nitrogens with one attached hydrogen (secondary N) is 3. The summed E-state index contributed by atoms with van der Waals surface area (Å²) in [6, 6.07) is 15.1. The van der Waals surface area contributed by atoms with E-state index < -0.39 is 0 Å². The number of rotatable bonds is 9. The van der Waals surface area contributed by atoms with Gasteiger partial charge in [-0.3, -0.25) is 9.79 Å². The van der Waals surface area contributed by atoms with Gasteiger partial charge in [0, 0.05) is 26.2 Å². The van der Waals surface area contributed by atoms with Crippen molar-refractivity contribution >= 4 is 47.4 Å². The van der Waals surface area contributed by atoms with Gasteiger partial charge < -0.3 is 20.7 Å². The molecule has 0 fully saturated rings. The number of amides is 1. The van der Waals surface area contributed by atoms with Crippen molar-refractivity contribution in [2.24, 2.45) is 4.99 Å². The second kappa shape index (κ2) is 14.1. The summed E-state index contributed by atoms with van der Waals surface area (Å²) in [6.45, 7) is 3.37. The fraction of sp³-hybridized carbons (Fsp3) is 0.364. The van der Waals surface area contributed by atoms with Crippen molar-refractivity contribution in [1.82, 2.24) is 16.0 Å². The summed E-state index contributed by atoms with van der Waals surface area (Å²) in [7, 11) is 3.36. The number of halogens is 2. The highest BCUT2D eigenvalue weighted by molar-refractivity contribution is 14.0. The van der Waals surface area contributed by atoms with E-state index in [9.17, 15) is 4.79 Å². The number of benzene rings is 2. The monoisotopic (exact) mass is 544 g/mol. The standard InChI is InChI=1S/C22H29ClN4O2.HI/c1-4-18(29-20-11-6-5-10-19(20)23)15-27-22(25-3)26-13-12-16-8-7-9-17(14-16)21(28)24-2;/h5-11,14,18H,4,12-13,15H2,1-3H3,(H,24,28)(H2,25,26,27);1H. The molecule has 2 rings (SSSR count). The van der Waals surface area contributed by atoms with Crippen molar-refractivity contribution in [3.8, 4) is 5.75 Å². The van der Waals surface area contributed by atoms with Crippen LogP contribution in [0, 0.1) is 0 Å². The Morgan fingerprint density at radius 2 is 1.93 bits per heavy atom. The third-order valence-electron chi connectivity index (χ3n) is 4.43. The lowest BCUT2D eigenvalue weighted by molar-refractivity contribution is 0.0963. The molecule has 2 aromatic carbocycles. The maximum Gasteiger partial charge on any atom is 0.251 e. The minimum absolute atomic E-state index is 0. The highest BCUT2D eigenvalue weighted by Crippen LogP contribution is 2.24. The summed E-state index contributed by atoms with van der Waals surface area (Å²) < 4.78 is 5.99. The van der Waals surface area contributed by atoms with E-state index in [1.165, 1.54) is 0 Å². The zero-order valence-corrected chi connectivity index (χ0v) is 20.7. The van der Waals surface area contributed by atoms with Gasteiger partial charge in [-0.05, 0) is 42.7 Å². The molecular weight excluding hydrogens is 515 g/mol. The number of carbonyl (C=O) groups excluding carboxylic acids is 1. The van der Waals surface area contributed by atoms with E-state index in [0.29, 0.717) is 35.4 Å². The molecular formula is C22H30ClIN4O2. The number of carbonyl (C=O) groups is 1. The van der Waals surface area contributed by atoms with Gasteiger partial charge in [-0.1, -0.05) is 42.8 Å². The number of ether oxygens (including phenoxy) is 1. The minimum atomic E-state index is -0.0820. The molecule has 164 valence electrons. The average molecular weight is 545 g/mol.